The minimum Gasteiger partial charge on any atom is -0.354 e. The van der Waals surface area contributed by atoms with E-state index in [1.807, 2.05) is 16.9 Å². The minimum absolute atomic E-state index is 0.0259. The van der Waals surface area contributed by atoms with Gasteiger partial charge < -0.3 is 10.6 Å². The molecule has 2 atom stereocenters. The van der Waals surface area contributed by atoms with Gasteiger partial charge in [-0.05, 0) is 68.5 Å². The Morgan fingerprint density at radius 1 is 1.22 bits per heavy atom. The van der Waals surface area contributed by atoms with Gasteiger partial charge in [-0.2, -0.15) is 5.10 Å². The zero-order valence-corrected chi connectivity index (χ0v) is 15.8. The fraction of sp³-hybridized carbons (Fsp3) is 0.524. The van der Waals surface area contributed by atoms with Crippen LogP contribution in [-0.2, 0) is 11.3 Å². The van der Waals surface area contributed by atoms with Crippen LogP contribution < -0.4 is 10.6 Å². The molecule has 1 amide bonds. The first kappa shape index (κ1) is 18.2. The molecule has 6 nitrogen and oxygen atoms in total. The van der Waals surface area contributed by atoms with Crippen LogP contribution in [0.15, 0.2) is 42.7 Å². The zero-order valence-electron chi connectivity index (χ0n) is 15.8. The average molecular weight is 367 g/mol. The molecule has 2 N–H and O–H groups in total. The van der Waals surface area contributed by atoms with Crippen molar-refractivity contribution < 1.29 is 4.79 Å². The van der Waals surface area contributed by atoms with Crippen molar-refractivity contribution in [1.29, 1.82) is 0 Å². The van der Waals surface area contributed by atoms with Gasteiger partial charge in [0, 0.05) is 32.0 Å². The Hall–Kier alpha value is -2.18. The summed E-state index contributed by atoms with van der Waals surface area (Å²) in [5.41, 5.74) is 2.41. The second-order valence-corrected chi connectivity index (χ2v) is 7.75. The molecule has 2 aromatic rings. The van der Waals surface area contributed by atoms with Gasteiger partial charge in [0.2, 0.25) is 5.91 Å². The van der Waals surface area contributed by atoms with Gasteiger partial charge in [0.15, 0.2) is 0 Å². The Balaban J connectivity index is 1.26. The molecule has 4 rings (SSSR count). The molecule has 0 spiro atoms. The fourth-order valence-corrected chi connectivity index (χ4v) is 4.17. The molecular weight excluding hydrogens is 338 g/mol. The lowest BCUT2D eigenvalue weighted by atomic mass is 9.97. The van der Waals surface area contributed by atoms with Gasteiger partial charge in [-0.25, -0.2) is 4.68 Å². The summed E-state index contributed by atoms with van der Waals surface area (Å²) in [6.07, 6.45) is 8.23. The highest BCUT2D eigenvalue weighted by Crippen LogP contribution is 2.19. The fourth-order valence-electron chi connectivity index (χ4n) is 4.17. The molecule has 1 aromatic carbocycles. The van der Waals surface area contributed by atoms with Crippen molar-refractivity contribution in [2.45, 2.75) is 38.3 Å². The highest BCUT2D eigenvalue weighted by Gasteiger charge is 2.24. The van der Waals surface area contributed by atoms with Crippen LogP contribution in [0.5, 0.6) is 0 Å². The SMILES string of the molecule is O=C(NCC1CCCN(Cc2ccc(-n3cccn3)cc2)C1)C1CCCN1. The summed E-state index contributed by atoms with van der Waals surface area (Å²) in [6, 6.07) is 10.6. The summed E-state index contributed by atoms with van der Waals surface area (Å²) in [4.78, 5) is 14.7. The maximum absolute atomic E-state index is 12.2. The molecule has 2 unspecified atom stereocenters. The van der Waals surface area contributed by atoms with Crippen molar-refractivity contribution in [1.82, 2.24) is 25.3 Å². The Kier molecular flexibility index (Phi) is 5.84. The molecule has 2 aliphatic heterocycles. The van der Waals surface area contributed by atoms with Crippen LogP contribution in [0, 0.1) is 5.92 Å². The molecule has 0 radical (unpaired) electrons. The lowest BCUT2D eigenvalue weighted by molar-refractivity contribution is -0.123. The molecule has 2 aliphatic rings. The summed E-state index contributed by atoms with van der Waals surface area (Å²) < 4.78 is 1.88. The van der Waals surface area contributed by atoms with Crippen LogP contribution in [0.2, 0.25) is 0 Å². The van der Waals surface area contributed by atoms with Gasteiger partial charge >= 0.3 is 0 Å². The van der Waals surface area contributed by atoms with E-state index in [4.69, 9.17) is 0 Å². The first-order chi connectivity index (χ1) is 13.3. The molecule has 27 heavy (non-hydrogen) atoms. The number of hydrogen-bond donors (Lipinski definition) is 2. The largest absolute Gasteiger partial charge is 0.354 e. The molecule has 0 saturated carbocycles. The zero-order chi connectivity index (χ0) is 18.5. The van der Waals surface area contributed by atoms with Crippen molar-refractivity contribution >= 4 is 5.91 Å². The maximum atomic E-state index is 12.2. The van der Waals surface area contributed by atoms with Crippen LogP contribution in [0.1, 0.15) is 31.2 Å². The van der Waals surface area contributed by atoms with Gasteiger partial charge in [-0.3, -0.25) is 9.69 Å². The summed E-state index contributed by atoms with van der Waals surface area (Å²) in [5, 5.41) is 10.7. The van der Waals surface area contributed by atoms with Crippen molar-refractivity contribution in [3.05, 3.63) is 48.3 Å². The van der Waals surface area contributed by atoms with Gasteiger partial charge in [0.05, 0.1) is 11.7 Å². The quantitative estimate of drug-likeness (QED) is 0.819. The smallest absolute Gasteiger partial charge is 0.237 e. The van der Waals surface area contributed by atoms with E-state index in [-0.39, 0.29) is 11.9 Å². The lowest BCUT2D eigenvalue weighted by Crippen LogP contribution is -2.45. The van der Waals surface area contributed by atoms with E-state index in [0.717, 1.165) is 51.3 Å². The number of nitrogens with one attached hydrogen (secondary N) is 2. The third-order valence-corrected chi connectivity index (χ3v) is 5.66. The Morgan fingerprint density at radius 3 is 2.85 bits per heavy atom. The van der Waals surface area contributed by atoms with E-state index in [1.54, 1.807) is 6.20 Å². The second kappa shape index (κ2) is 8.67. The number of carbonyl (C=O) groups excluding carboxylic acids is 1. The van der Waals surface area contributed by atoms with Crippen LogP contribution in [0.3, 0.4) is 0 Å². The second-order valence-electron chi connectivity index (χ2n) is 7.75. The molecule has 144 valence electrons. The van der Waals surface area contributed by atoms with Gasteiger partial charge in [-0.15, -0.1) is 0 Å². The van der Waals surface area contributed by atoms with E-state index in [1.165, 1.54) is 18.4 Å². The minimum atomic E-state index is 0.0259. The molecule has 2 fully saturated rings. The number of piperidine rings is 1. The third kappa shape index (κ3) is 4.76. The van der Waals surface area contributed by atoms with Gasteiger partial charge in [0.1, 0.15) is 0 Å². The number of aromatic nitrogens is 2. The molecule has 3 heterocycles. The number of benzene rings is 1. The van der Waals surface area contributed by atoms with Crippen LogP contribution in [0.25, 0.3) is 5.69 Å². The number of amides is 1. The van der Waals surface area contributed by atoms with E-state index >= 15 is 0 Å². The summed E-state index contributed by atoms with van der Waals surface area (Å²) in [6.45, 7) is 4.92. The van der Waals surface area contributed by atoms with Gasteiger partial charge in [-0.1, -0.05) is 12.1 Å². The molecule has 0 aliphatic carbocycles. The van der Waals surface area contributed by atoms with Crippen molar-refractivity contribution in [3.8, 4) is 5.69 Å². The predicted molar refractivity (Wildman–Crippen MR) is 106 cm³/mol. The number of nitrogens with zero attached hydrogens (tertiary/aromatic N) is 3. The van der Waals surface area contributed by atoms with E-state index in [2.05, 4.69) is 44.9 Å². The molecular formula is C21H29N5O. The number of carbonyl (C=O) groups is 1. The van der Waals surface area contributed by atoms with Crippen molar-refractivity contribution in [2.75, 3.05) is 26.2 Å². The molecule has 2 saturated heterocycles. The maximum Gasteiger partial charge on any atom is 0.237 e. The number of rotatable bonds is 6. The van der Waals surface area contributed by atoms with Crippen LogP contribution >= 0.6 is 0 Å². The standard InChI is InChI=1S/C21H29N5O/c27-21(20-5-1-10-22-20)23-14-18-4-2-12-25(16-18)15-17-6-8-19(9-7-17)26-13-3-11-24-26/h3,6-9,11,13,18,20,22H,1-2,4-5,10,12,14-16H2,(H,23,27). The Morgan fingerprint density at radius 2 is 2.11 bits per heavy atom. The molecule has 0 bridgehead atoms. The Bertz CT molecular complexity index is 722. The Labute approximate surface area is 160 Å². The lowest BCUT2D eigenvalue weighted by Gasteiger charge is -2.33. The number of likely N-dealkylation sites (tertiary alicyclic amines) is 1. The van der Waals surface area contributed by atoms with Crippen LogP contribution in [-0.4, -0.2) is 52.8 Å². The first-order valence-electron chi connectivity index (χ1n) is 10.1. The van der Waals surface area contributed by atoms with E-state index in [9.17, 15) is 4.79 Å². The summed E-state index contributed by atoms with van der Waals surface area (Å²) in [7, 11) is 0. The highest BCUT2D eigenvalue weighted by molar-refractivity contribution is 5.81. The van der Waals surface area contributed by atoms with Crippen molar-refractivity contribution in [2.24, 2.45) is 5.92 Å². The van der Waals surface area contributed by atoms with Crippen molar-refractivity contribution in [3.63, 3.8) is 0 Å². The predicted octanol–water partition coefficient (Wildman–Crippen LogP) is 1.95. The summed E-state index contributed by atoms with van der Waals surface area (Å²) >= 11 is 0. The summed E-state index contributed by atoms with van der Waals surface area (Å²) in [5.74, 6) is 0.728. The van der Waals surface area contributed by atoms with Crippen LogP contribution in [0.4, 0.5) is 0 Å². The molecule has 6 heteroatoms. The van der Waals surface area contributed by atoms with E-state index in [0.29, 0.717) is 5.92 Å². The first-order valence-corrected chi connectivity index (χ1v) is 10.1. The number of hydrogen-bond acceptors (Lipinski definition) is 4. The van der Waals surface area contributed by atoms with Gasteiger partial charge in [0.25, 0.3) is 0 Å². The topological polar surface area (TPSA) is 62.2 Å². The molecule has 1 aromatic heterocycles. The van der Waals surface area contributed by atoms with E-state index < -0.39 is 0 Å². The highest BCUT2D eigenvalue weighted by atomic mass is 16.2. The third-order valence-electron chi connectivity index (χ3n) is 5.66. The monoisotopic (exact) mass is 367 g/mol. The average Bonchev–Trinajstić information content (AvgIpc) is 3.41. The normalized spacial score (nSPS) is 23.4.